The summed E-state index contributed by atoms with van der Waals surface area (Å²) in [4.78, 5) is 11.0. The van der Waals surface area contributed by atoms with Gasteiger partial charge >= 0.3 is 0 Å². The molecule has 1 aromatic heterocycles. The largest absolute Gasteiger partial charge is 0.390 e. The molecule has 0 aliphatic rings. The fraction of sp³-hybridized carbons (Fsp3) is 0.357. The van der Waals surface area contributed by atoms with Crippen molar-refractivity contribution in [2.75, 3.05) is 0 Å². The van der Waals surface area contributed by atoms with E-state index in [9.17, 15) is 9.90 Å². The van der Waals surface area contributed by atoms with Crippen molar-refractivity contribution in [2.45, 2.75) is 32.4 Å². The average molecular weight is 231 g/mol. The number of fused-ring (bicyclic) bond motifs is 1. The first-order valence-electron chi connectivity index (χ1n) is 5.77. The number of carbonyl (C=O) groups excluding carboxylic acids is 1. The minimum Gasteiger partial charge on any atom is -0.390 e. The van der Waals surface area contributed by atoms with Crippen LogP contribution >= 0.6 is 0 Å². The number of hydrogen-bond acceptors (Lipinski definition) is 2. The molecule has 0 fully saturated rings. The number of benzene rings is 1. The average Bonchev–Trinajstić information content (AvgIpc) is 2.68. The van der Waals surface area contributed by atoms with Crippen molar-refractivity contribution < 1.29 is 9.90 Å². The highest BCUT2D eigenvalue weighted by molar-refractivity contribution is 5.96. The van der Waals surface area contributed by atoms with Crippen LogP contribution in [-0.2, 0) is 6.54 Å². The molecule has 90 valence electrons. The lowest BCUT2D eigenvalue weighted by Gasteiger charge is -2.17. The Balaban J connectivity index is 2.38. The van der Waals surface area contributed by atoms with Crippen LogP contribution in [0.5, 0.6) is 0 Å². The Hall–Kier alpha value is -1.61. The van der Waals surface area contributed by atoms with Gasteiger partial charge in [-0.25, -0.2) is 0 Å². The number of hydrogen-bond donors (Lipinski definition) is 1. The molecule has 0 spiro atoms. The third kappa shape index (κ3) is 2.56. The highest BCUT2D eigenvalue weighted by atomic mass is 16.3. The van der Waals surface area contributed by atoms with Crippen LogP contribution in [0.1, 0.15) is 30.6 Å². The molecule has 0 bridgehead atoms. The maximum Gasteiger partial charge on any atom is 0.152 e. The molecule has 0 radical (unpaired) electrons. The molecular weight excluding hydrogens is 214 g/mol. The Morgan fingerprint density at radius 1 is 1.35 bits per heavy atom. The fourth-order valence-corrected chi connectivity index (χ4v) is 1.97. The van der Waals surface area contributed by atoms with E-state index >= 15 is 0 Å². The van der Waals surface area contributed by atoms with Crippen LogP contribution < -0.4 is 0 Å². The number of para-hydroxylation sites is 1. The molecular formula is C14H17NO2. The number of aldehydes is 1. The zero-order valence-corrected chi connectivity index (χ0v) is 10.2. The summed E-state index contributed by atoms with van der Waals surface area (Å²) in [7, 11) is 0. The normalized spacial score (nSPS) is 11.9. The molecule has 0 saturated heterocycles. The minimum absolute atomic E-state index is 0.657. The van der Waals surface area contributed by atoms with Crippen molar-refractivity contribution in [3.8, 4) is 0 Å². The SMILES string of the molecule is CC(C)(O)CCn1ccc2cccc(C=O)c21. The topological polar surface area (TPSA) is 42.2 Å². The second-order valence-corrected chi connectivity index (χ2v) is 4.97. The highest BCUT2D eigenvalue weighted by Crippen LogP contribution is 2.20. The van der Waals surface area contributed by atoms with Gasteiger partial charge in [-0.1, -0.05) is 12.1 Å². The molecule has 2 rings (SSSR count). The molecule has 0 atom stereocenters. The highest BCUT2D eigenvalue weighted by Gasteiger charge is 2.13. The Morgan fingerprint density at radius 3 is 2.76 bits per heavy atom. The van der Waals surface area contributed by atoms with Gasteiger partial charge in [0.1, 0.15) is 0 Å². The van der Waals surface area contributed by atoms with Gasteiger partial charge in [-0.3, -0.25) is 4.79 Å². The van der Waals surface area contributed by atoms with Gasteiger partial charge in [0.15, 0.2) is 6.29 Å². The van der Waals surface area contributed by atoms with Crippen LogP contribution in [0.25, 0.3) is 10.9 Å². The maximum atomic E-state index is 11.0. The monoisotopic (exact) mass is 231 g/mol. The van der Waals surface area contributed by atoms with Crippen LogP contribution in [0.4, 0.5) is 0 Å². The number of nitrogens with zero attached hydrogens (tertiary/aromatic N) is 1. The summed E-state index contributed by atoms with van der Waals surface area (Å²) in [6.45, 7) is 4.29. The molecule has 0 aliphatic heterocycles. The number of carbonyl (C=O) groups is 1. The van der Waals surface area contributed by atoms with Crippen LogP contribution in [0, 0.1) is 0 Å². The van der Waals surface area contributed by atoms with Crippen LogP contribution in [0.15, 0.2) is 30.5 Å². The first-order valence-corrected chi connectivity index (χ1v) is 5.77. The summed E-state index contributed by atoms with van der Waals surface area (Å²) in [6, 6.07) is 7.68. The molecule has 17 heavy (non-hydrogen) atoms. The van der Waals surface area contributed by atoms with Crippen LogP contribution in [-0.4, -0.2) is 21.6 Å². The molecule has 2 aromatic rings. The summed E-state index contributed by atoms with van der Waals surface area (Å²) in [5.74, 6) is 0. The zero-order valence-electron chi connectivity index (χ0n) is 10.2. The third-order valence-electron chi connectivity index (χ3n) is 2.91. The maximum absolute atomic E-state index is 11.0. The Morgan fingerprint density at radius 2 is 2.12 bits per heavy atom. The standard InChI is InChI=1S/C14H17NO2/c1-14(2,17)7-9-15-8-6-11-4-3-5-12(10-16)13(11)15/h3-6,8,10,17H,7,9H2,1-2H3. The van der Waals surface area contributed by atoms with Gasteiger partial charge < -0.3 is 9.67 Å². The van der Waals surface area contributed by atoms with Crippen molar-refractivity contribution in [1.29, 1.82) is 0 Å². The van der Waals surface area contributed by atoms with E-state index in [1.54, 1.807) is 13.8 Å². The van der Waals surface area contributed by atoms with Crippen molar-refractivity contribution in [3.63, 3.8) is 0 Å². The first-order chi connectivity index (χ1) is 8.01. The lowest BCUT2D eigenvalue weighted by Crippen LogP contribution is -2.20. The first kappa shape index (κ1) is 11.9. The summed E-state index contributed by atoms with van der Waals surface area (Å²) in [5, 5.41) is 10.8. The van der Waals surface area contributed by atoms with Gasteiger partial charge in [0.05, 0.1) is 11.1 Å². The molecule has 0 unspecified atom stereocenters. The van der Waals surface area contributed by atoms with Crippen LogP contribution in [0.2, 0.25) is 0 Å². The van der Waals surface area contributed by atoms with Crippen molar-refractivity contribution in [3.05, 3.63) is 36.0 Å². The summed E-state index contributed by atoms with van der Waals surface area (Å²) < 4.78 is 2.02. The summed E-state index contributed by atoms with van der Waals surface area (Å²) in [5.41, 5.74) is 0.960. The summed E-state index contributed by atoms with van der Waals surface area (Å²) >= 11 is 0. The van der Waals surface area contributed by atoms with Gasteiger partial charge in [-0.2, -0.15) is 0 Å². The molecule has 0 saturated carbocycles. The zero-order chi connectivity index (χ0) is 12.5. The number of aryl methyl sites for hydroxylation is 1. The van der Waals surface area contributed by atoms with E-state index in [1.807, 2.05) is 35.0 Å². The quantitative estimate of drug-likeness (QED) is 0.822. The molecule has 1 heterocycles. The van der Waals surface area contributed by atoms with E-state index in [1.165, 1.54) is 0 Å². The van der Waals surface area contributed by atoms with E-state index in [4.69, 9.17) is 0 Å². The van der Waals surface area contributed by atoms with Crippen molar-refractivity contribution in [1.82, 2.24) is 4.57 Å². The summed E-state index contributed by atoms with van der Waals surface area (Å²) in [6.07, 6.45) is 3.50. The smallest absolute Gasteiger partial charge is 0.152 e. The molecule has 0 aliphatic carbocycles. The van der Waals surface area contributed by atoms with E-state index in [0.29, 0.717) is 18.5 Å². The minimum atomic E-state index is -0.688. The van der Waals surface area contributed by atoms with Crippen molar-refractivity contribution >= 4 is 17.2 Å². The number of aromatic nitrogens is 1. The van der Waals surface area contributed by atoms with Crippen LogP contribution in [0.3, 0.4) is 0 Å². The molecule has 1 N–H and O–H groups in total. The Labute approximate surface area is 101 Å². The molecule has 1 aromatic carbocycles. The molecule has 3 heteroatoms. The molecule has 0 amide bonds. The van der Waals surface area contributed by atoms with E-state index < -0.39 is 5.60 Å². The van der Waals surface area contributed by atoms with Crippen molar-refractivity contribution in [2.24, 2.45) is 0 Å². The van der Waals surface area contributed by atoms with E-state index in [2.05, 4.69) is 0 Å². The number of rotatable bonds is 4. The van der Waals surface area contributed by atoms with Gasteiger partial charge in [0, 0.05) is 23.7 Å². The molecule has 3 nitrogen and oxygen atoms in total. The Bertz CT molecular complexity index is 535. The lowest BCUT2D eigenvalue weighted by atomic mass is 10.1. The third-order valence-corrected chi connectivity index (χ3v) is 2.91. The van der Waals surface area contributed by atoms with Gasteiger partial charge in [-0.05, 0) is 32.4 Å². The van der Waals surface area contributed by atoms with Gasteiger partial charge in [0.2, 0.25) is 0 Å². The second-order valence-electron chi connectivity index (χ2n) is 4.97. The van der Waals surface area contributed by atoms with Gasteiger partial charge in [0.25, 0.3) is 0 Å². The second kappa shape index (κ2) is 4.34. The predicted octanol–water partition coefficient (Wildman–Crippen LogP) is 2.61. The lowest BCUT2D eigenvalue weighted by molar-refractivity contribution is 0.0666. The van der Waals surface area contributed by atoms with Gasteiger partial charge in [-0.15, -0.1) is 0 Å². The predicted molar refractivity (Wildman–Crippen MR) is 68.2 cm³/mol. The van der Waals surface area contributed by atoms with E-state index in [0.717, 1.165) is 17.2 Å². The fourth-order valence-electron chi connectivity index (χ4n) is 1.97. The Kier molecular flexibility index (Phi) is 3.03. The van der Waals surface area contributed by atoms with E-state index in [-0.39, 0.29) is 0 Å². The number of aliphatic hydroxyl groups is 1.